The van der Waals surface area contributed by atoms with Crippen LogP contribution in [0.2, 0.25) is 0 Å². The van der Waals surface area contributed by atoms with Crippen molar-refractivity contribution in [3.8, 4) is 0 Å². The smallest absolute Gasteiger partial charge is 0.332 e. The van der Waals surface area contributed by atoms with E-state index in [1.807, 2.05) is 23.1 Å². The molecule has 1 fully saturated rings. The Bertz CT molecular complexity index is 914. The monoisotopic (exact) mass is 342 g/mol. The minimum absolute atomic E-state index is 0.0723. The molecule has 0 saturated carbocycles. The van der Waals surface area contributed by atoms with E-state index in [0.29, 0.717) is 5.92 Å². The van der Waals surface area contributed by atoms with E-state index in [9.17, 15) is 14.4 Å². The lowest BCUT2D eigenvalue weighted by atomic mass is 9.99. The third kappa shape index (κ3) is 3.15. The van der Waals surface area contributed by atoms with Gasteiger partial charge >= 0.3 is 5.69 Å². The number of ketones is 1. The van der Waals surface area contributed by atoms with Crippen molar-refractivity contribution >= 4 is 11.6 Å². The lowest BCUT2D eigenvalue weighted by molar-refractivity contribution is 0.0942. The molecule has 7 heteroatoms. The summed E-state index contributed by atoms with van der Waals surface area (Å²) in [5.74, 6) is -0.0337. The minimum Gasteiger partial charge on any atom is -0.384 e. The number of hydrogen-bond acceptors (Lipinski definition) is 5. The van der Waals surface area contributed by atoms with Crippen LogP contribution in [0.15, 0.2) is 39.9 Å². The van der Waals surface area contributed by atoms with Crippen LogP contribution in [0, 0.1) is 0 Å². The van der Waals surface area contributed by atoms with Crippen LogP contribution < -0.4 is 17.0 Å². The van der Waals surface area contributed by atoms with Gasteiger partial charge in [-0.05, 0) is 24.4 Å². The van der Waals surface area contributed by atoms with Gasteiger partial charge < -0.3 is 5.73 Å². The first-order valence-electron chi connectivity index (χ1n) is 8.26. The summed E-state index contributed by atoms with van der Waals surface area (Å²) in [5.41, 5.74) is 5.84. The number of carbonyl (C=O) groups excluding carboxylic acids is 1. The van der Waals surface area contributed by atoms with E-state index in [0.717, 1.165) is 28.6 Å². The van der Waals surface area contributed by atoms with Crippen molar-refractivity contribution in [2.45, 2.75) is 12.3 Å². The van der Waals surface area contributed by atoms with Crippen molar-refractivity contribution in [1.29, 1.82) is 0 Å². The zero-order valence-electron chi connectivity index (χ0n) is 14.4. The summed E-state index contributed by atoms with van der Waals surface area (Å²) < 4.78 is 2.05. The first kappa shape index (κ1) is 17.2. The standard InChI is InChI=1S/C18H22N4O3/c1-20-16(19)15(17(24)21(2)18(20)25)14(23)11-22-9-8-13(10-22)12-6-4-3-5-7-12/h3-7,13H,8-11,19H2,1-2H3/t13-/m1/s1. The van der Waals surface area contributed by atoms with Crippen LogP contribution >= 0.6 is 0 Å². The van der Waals surface area contributed by atoms with Crippen LogP contribution in [0.4, 0.5) is 5.82 Å². The summed E-state index contributed by atoms with van der Waals surface area (Å²) >= 11 is 0. The topological polar surface area (TPSA) is 90.3 Å². The van der Waals surface area contributed by atoms with E-state index in [1.165, 1.54) is 19.7 Å². The van der Waals surface area contributed by atoms with Gasteiger partial charge in [-0.3, -0.25) is 23.6 Å². The number of nitrogen functional groups attached to an aromatic ring is 1. The summed E-state index contributed by atoms with van der Waals surface area (Å²) in [6.07, 6.45) is 0.970. The second kappa shape index (κ2) is 6.68. The van der Waals surface area contributed by atoms with Crippen molar-refractivity contribution in [2.75, 3.05) is 25.4 Å². The molecule has 2 N–H and O–H groups in total. The molecule has 1 atom stereocenters. The fraction of sp³-hybridized carbons (Fsp3) is 0.389. The number of hydrogen-bond donors (Lipinski definition) is 1. The number of carbonyl (C=O) groups is 1. The van der Waals surface area contributed by atoms with Crippen molar-refractivity contribution in [1.82, 2.24) is 14.0 Å². The molecule has 2 heterocycles. The van der Waals surface area contributed by atoms with Gasteiger partial charge in [0.2, 0.25) is 0 Å². The quantitative estimate of drug-likeness (QED) is 0.809. The Kier molecular flexibility index (Phi) is 4.59. The maximum absolute atomic E-state index is 12.7. The molecule has 1 saturated heterocycles. The summed E-state index contributed by atoms with van der Waals surface area (Å²) in [5, 5.41) is 0. The van der Waals surface area contributed by atoms with Crippen LogP contribution in [0.1, 0.15) is 28.3 Å². The maximum Gasteiger partial charge on any atom is 0.332 e. The van der Waals surface area contributed by atoms with Gasteiger partial charge in [-0.15, -0.1) is 0 Å². The Morgan fingerprint density at radius 2 is 1.84 bits per heavy atom. The van der Waals surface area contributed by atoms with Gasteiger partial charge in [-0.25, -0.2) is 4.79 Å². The van der Waals surface area contributed by atoms with Gasteiger partial charge in [0, 0.05) is 20.6 Å². The average molecular weight is 342 g/mol. The van der Waals surface area contributed by atoms with Crippen molar-refractivity contribution in [3.05, 3.63) is 62.3 Å². The summed E-state index contributed by atoms with van der Waals surface area (Å²) in [6, 6.07) is 10.2. The van der Waals surface area contributed by atoms with E-state index in [-0.39, 0.29) is 23.7 Å². The fourth-order valence-electron chi connectivity index (χ4n) is 3.38. The van der Waals surface area contributed by atoms with E-state index in [4.69, 9.17) is 5.73 Å². The molecule has 0 unspecified atom stereocenters. The van der Waals surface area contributed by atoms with Crippen molar-refractivity contribution in [2.24, 2.45) is 14.1 Å². The Morgan fingerprint density at radius 3 is 2.52 bits per heavy atom. The summed E-state index contributed by atoms with van der Waals surface area (Å²) in [4.78, 5) is 38.8. The zero-order valence-corrected chi connectivity index (χ0v) is 14.4. The SMILES string of the molecule is Cn1c(N)c(C(=O)CN2CC[C@@H](c3ccccc3)C2)c(=O)n(C)c1=O. The van der Waals surface area contributed by atoms with Gasteiger partial charge in [0.05, 0.1) is 6.54 Å². The third-order valence-electron chi connectivity index (χ3n) is 4.90. The molecule has 7 nitrogen and oxygen atoms in total. The molecule has 1 aliphatic rings. The predicted octanol–water partition coefficient (Wildman–Crippen LogP) is 0.338. The Morgan fingerprint density at radius 1 is 1.16 bits per heavy atom. The number of aromatic nitrogens is 2. The van der Waals surface area contributed by atoms with Gasteiger partial charge in [0.25, 0.3) is 5.56 Å². The first-order valence-corrected chi connectivity index (χ1v) is 8.26. The molecule has 132 valence electrons. The highest BCUT2D eigenvalue weighted by atomic mass is 16.2. The molecular weight excluding hydrogens is 320 g/mol. The number of Topliss-reactive ketones (excluding diaryl/α,β-unsaturated/α-hetero) is 1. The van der Waals surface area contributed by atoms with Crippen molar-refractivity contribution in [3.63, 3.8) is 0 Å². The first-order chi connectivity index (χ1) is 11.9. The Balaban J connectivity index is 1.78. The number of rotatable bonds is 4. The van der Waals surface area contributed by atoms with E-state index in [1.54, 1.807) is 0 Å². The van der Waals surface area contributed by atoms with Crippen LogP contribution in [0.3, 0.4) is 0 Å². The van der Waals surface area contributed by atoms with Crippen LogP contribution in [0.25, 0.3) is 0 Å². The van der Waals surface area contributed by atoms with Crippen LogP contribution in [-0.4, -0.2) is 39.5 Å². The summed E-state index contributed by atoms with van der Waals surface area (Å²) in [6.45, 7) is 1.68. The highest BCUT2D eigenvalue weighted by molar-refractivity contribution is 6.01. The van der Waals surface area contributed by atoms with Gasteiger partial charge in [-0.1, -0.05) is 30.3 Å². The highest BCUT2D eigenvalue weighted by Crippen LogP contribution is 2.26. The lowest BCUT2D eigenvalue weighted by Crippen LogP contribution is -2.43. The number of likely N-dealkylation sites (tertiary alicyclic amines) is 1. The molecular formula is C18H22N4O3. The predicted molar refractivity (Wildman–Crippen MR) is 95.9 cm³/mol. The minimum atomic E-state index is -0.635. The molecule has 1 aliphatic heterocycles. The molecule has 1 aromatic carbocycles. The molecule has 1 aromatic heterocycles. The van der Waals surface area contributed by atoms with Gasteiger partial charge in [-0.2, -0.15) is 0 Å². The number of nitrogens with zero attached hydrogens (tertiary/aromatic N) is 3. The van der Waals surface area contributed by atoms with Gasteiger partial charge in [0.1, 0.15) is 11.4 Å². The average Bonchev–Trinajstić information content (AvgIpc) is 3.07. The third-order valence-corrected chi connectivity index (χ3v) is 4.90. The zero-order chi connectivity index (χ0) is 18.1. The number of nitrogens with two attached hydrogens (primary N) is 1. The highest BCUT2D eigenvalue weighted by Gasteiger charge is 2.28. The van der Waals surface area contributed by atoms with E-state index >= 15 is 0 Å². The fourth-order valence-corrected chi connectivity index (χ4v) is 3.38. The number of anilines is 1. The van der Waals surface area contributed by atoms with E-state index in [2.05, 4.69) is 12.1 Å². The van der Waals surface area contributed by atoms with Crippen LogP contribution in [0.5, 0.6) is 0 Å². The Hall–Kier alpha value is -2.67. The molecule has 3 rings (SSSR count). The normalized spacial score (nSPS) is 17.8. The van der Waals surface area contributed by atoms with Gasteiger partial charge in [0.15, 0.2) is 5.78 Å². The second-order valence-electron chi connectivity index (χ2n) is 6.52. The maximum atomic E-state index is 12.7. The van der Waals surface area contributed by atoms with Crippen molar-refractivity contribution < 1.29 is 4.79 Å². The lowest BCUT2D eigenvalue weighted by Gasteiger charge is -2.17. The molecule has 0 bridgehead atoms. The Labute approximate surface area is 145 Å². The molecule has 25 heavy (non-hydrogen) atoms. The number of benzene rings is 1. The largest absolute Gasteiger partial charge is 0.384 e. The summed E-state index contributed by atoms with van der Waals surface area (Å²) in [7, 11) is 2.80. The molecule has 0 spiro atoms. The molecule has 2 aromatic rings. The van der Waals surface area contributed by atoms with Crippen LogP contribution in [-0.2, 0) is 14.1 Å². The van der Waals surface area contributed by atoms with E-state index < -0.39 is 11.2 Å². The second-order valence-corrected chi connectivity index (χ2v) is 6.52. The molecule has 0 aliphatic carbocycles. The molecule has 0 amide bonds. The molecule has 0 radical (unpaired) electrons.